The molecule has 1 aromatic rings. The molecular formula is C12H15NO2. The standard InChI is InChI=1S/C12H15NO2/c1-9(10-5-2-3-7-13-10)12(14)11-6-4-8-15-11/h2-3,5,7,9,11H,4,6,8H2,1H3. The molecule has 1 aliphatic heterocycles. The van der Waals surface area contributed by atoms with Crippen LogP contribution in [0.1, 0.15) is 31.4 Å². The number of rotatable bonds is 3. The van der Waals surface area contributed by atoms with Crippen LogP contribution in [-0.4, -0.2) is 23.5 Å². The van der Waals surface area contributed by atoms with Crippen LogP contribution in [0.15, 0.2) is 24.4 Å². The fourth-order valence-electron chi connectivity index (χ4n) is 1.86. The van der Waals surface area contributed by atoms with Crippen LogP contribution in [0.25, 0.3) is 0 Å². The van der Waals surface area contributed by atoms with Crippen molar-refractivity contribution in [2.75, 3.05) is 6.61 Å². The van der Waals surface area contributed by atoms with E-state index in [1.54, 1.807) is 6.20 Å². The Morgan fingerprint density at radius 2 is 2.47 bits per heavy atom. The van der Waals surface area contributed by atoms with Crippen molar-refractivity contribution >= 4 is 5.78 Å². The van der Waals surface area contributed by atoms with E-state index in [0.29, 0.717) is 6.61 Å². The van der Waals surface area contributed by atoms with E-state index in [9.17, 15) is 4.79 Å². The summed E-state index contributed by atoms with van der Waals surface area (Å²) in [5.41, 5.74) is 0.831. The lowest BCUT2D eigenvalue weighted by molar-refractivity contribution is -0.129. The molecule has 0 saturated carbocycles. The van der Waals surface area contributed by atoms with Crippen LogP contribution < -0.4 is 0 Å². The van der Waals surface area contributed by atoms with Crippen LogP contribution in [0.5, 0.6) is 0 Å². The Hall–Kier alpha value is -1.22. The fourth-order valence-corrected chi connectivity index (χ4v) is 1.86. The van der Waals surface area contributed by atoms with E-state index in [4.69, 9.17) is 4.74 Å². The van der Waals surface area contributed by atoms with Crippen molar-refractivity contribution < 1.29 is 9.53 Å². The van der Waals surface area contributed by atoms with Crippen LogP contribution in [0.4, 0.5) is 0 Å². The number of carbonyl (C=O) groups excluding carboxylic acids is 1. The van der Waals surface area contributed by atoms with Gasteiger partial charge >= 0.3 is 0 Å². The molecular weight excluding hydrogens is 190 g/mol. The van der Waals surface area contributed by atoms with Gasteiger partial charge in [-0.3, -0.25) is 9.78 Å². The molecule has 0 N–H and O–H groups in total. The van der Waals surface area contributed by atoms with E-state index < -0.39 is 0 Å². The molecule has 1 saturated heterocycles. The number of hydrogen-bond acceptors (Lipinski definition) is 3. The van der Waals surface area contributed by atoms with Gasteiger partial charge in [0.1, 0.15) is 6.10 Å². The maximum atomic E-state index is 12.0. The first-order valence-electron chi connectivity index (χ1n) is 5.35. The topological polar surface area (TPSA) is 39.2 Å². The summed E-state index contributed by atoms with van der Waals surface area (Å²) in [6.07, 6.45) is 3.36. The SMILES string of the molecule is CC(C(=O)C1CCCO1)c1ccccn1. The quantitative estimate of drug-likeness (QED) is 0.757. The molecule has 0 spiro atoms. The molecule has 0 bridgehead atoms. The first-order chi connectivity index (χ1) is 7.29. The number of hydrogen-bond donors (Lipinski definition) is 0. The van der Waals surface area contributed by atoms with E-state index in [2.05, 4.69) is 4.98 Å². The third-order valence-corrected chi connectivity index (χ3v) is 2.81. The number of nitrogens with zero attached hydrogens (tertiary/aromatic N) is 1. The average Bonchev–Trinajstić information content (AvgIpc) is 2.82. The summed E-state index contributed by atoms with van der Waals surface area (Å²) in [6, 6.07) is 5.64. The molecule has 15 heavy (non-hydrogen) atoms. The lowest BCUT2D eigenvalue weighted by Crippen LogP contribution is -2.25. The Morgan fingerprint density at radius 1 is 1.60 bits per heavy atom. The normalized spacial score (nSPS) is 22.6. The largest absolute Gasteiger partial charge is 0.370 e. The van der Waals surface area contributed by atoms with Crippen LogP contribution in [-0.2, 0) is 9.53 Å². The van der Waals surface area contributed by atoms with Crippen LogP contribution in [0.3, 0.4) is 0 Å². The third kappa shape index (κ3) is 2.23. The van der Waals surface area contributed by atoms with Crippen molar-refractivity contribution in [2.45, 2.75) is 31.8 Å². The maximum absolute atomic E-state index is 12.0. The summed E-state index contributed by atoms with van der Waals surface area (Å²) < 4.78 is 5.38. The van der Waals surface area contributed by atoms with Crippen molar-refractivity contribution in [1.29, 1.82) is 0 Å². The first kappa shape index (κ1) is 10.3. The molecule has 1 aromatic heterocycles. The van der Waals surface area contributed by atoms with E-state index in [1.807, 2.05) is 25.1 Å². The highest BCUT2D eigenvalue weighted by molar-refractivity contribution is 5.89. The third-order valence-electron chi connectivity index (χ3n) is 2.81. The van der Waals surface area contributed by atoms with Crippen molar-refractivity contribution in [3.05, 3.63) is 30.1 Å². The Kier molecular flexibility index (Phi) is 3.11. The summed E-state index contributed by atoms with van der Waals surface area (Å²) in [5.74, 6) is 0.000463. The zero-order valence-corrected chi connectivity index (χ0v) is 8.85. The Balaban J connectivity index is 2.07. The minimum absolute atomic E-state index is 0.158. The molecule has 80 valence electrons. The van der Waals surface area contributed by atoms with Gasteiger partial charge in [0.2, 0.25) is 0 Å². The molecule has 0 aromatic carbocycles. The van der Waals surface area contributed by atoms with Gasteiger partial charge in [0, 0.05) is 12.8 Å². The summed E-state index contributed by atoms with van der Waals surface area (Å²) in [5, 5.41) is 0. The highest BCUT2D eigenvalue weighted by atomic mass is 16.5. The average molecular weight is 205 g/mol. The first-order valence-corrected chi connectivity index (χ1v) is 5.35. The molecule has 0 amide bonds. The smallest absolute Gasteiger partial charge is 0.170 e. The lowest BCUT2D eigenvalue weighted by atomic mass is 9.96. The maximum Gasteiger partial charge on any atom is 0.170 e. The number of aromatic nitrogens is 1. The molecule has 3 nitrogen and oxygen atoms in total. The van der Waals surface area contributed by atoms with Gasteiger partial charge in [-0.1, -0.05) is 6.07 Å². The van der Waals surface area contributed by atoms with Gasteiger partial charge in [0.05, 0.1) is 11.6 Å². The summed E-state index contributed by atoms with van der Waals surface area (Å²) in [6.45, 7) is 2.61. The minimum Gasteiger partial charge on any atom is -0.370 e. The van der Waals surface area contributed by atoms with Crippen LogP contribution >= 0.6 is 0 Å². The van der Waals surface area contributed by atoms with Crippen molar-refractivity contribution in [1.82, 2.24) is 4.98 Å². The second-order valence-corrected chi connectivity index (χ2v) is 3.88. The summed E-state index contributed by atoms with van der Waals surface area (Å²) >= 11 is 0. The number of ether oxygens (including phenoxy) is 1. The number of ketones is 1. The number of carbonyl (C=O) groups is 1. The Labute approximate surface area is 89.5 Å². The summed E-state index contributed by atoms with van der Waals surface area (Å²) in [4.78, 5) is 16.2. The van der Waals surface area contributed by atoms with E-state index in [0.717, 1.165) is 18.5 Å². The Bertz CT molecular complexity index is 331. The van der Waals surface area contributed by atoms with E-state index in [1.165, 1.54) is 0 Å². The zero-order chi connectivity index (χ0) is 10.7. The van der Waals surface area contributed by atoms with Crippen molar-refractivity contribution in [3.63, 3.8) is 0 Å². The fraction of sp³-hybridized carbons (Fsp3) is 0.500. The van der Waals surface area contributed by atoms with Gasteiger partial charge in [-0.2, -0.15) is 0 Å². The minimum atomic E-state index is -0.206. The predicted molar refractivity (Wildman–Crippen MR) is 56.6 cm³/mol. The molecule has 1 fully saturated rings. The zero-order valence-electron chi connectivity index (χ0n) is 8.85. The highest BCUT2D eigenvalue weighted by Gasteiger charge is 2.28. The number of pyridine rings is 1. The molecule has 2 rings (SSSR count). The molecule has 1 aliphatic rings. The van der Waals surface area contributed by atoms with Crippen LogP contribution in [0.2, 0.25) is 0 Å². The Morgan fingerprint density at radius 3 is 3.07 bits per heavy atom. The van der Waals surface area contributed by atoms with Gasteiger partial charge in [0.25, 0.3) is 0 Å². The van der Waals surface area contributed by atoms with E-state index >= 15 is 0 Å². The van der Waals surface area contributed by atoms with Crippen molar-refractivity contribution in [3.8, 4) is 0 Å². The van der Waals surface area contributed by atoms with Gasteiger partial charge in [-0.15, -0.1) is 0 Å². The second-order valence-electron chi connectivity index (χ2n) is 3.88. The molecule has 2 atom stereocenters. The van der Waals surface area contributed by atoms with Crippen molar-refractivity contribution in [2.24, 2.45) is 0 Å². The van der Waals surface area contributed by atoms with Gasteiger partial charge < -0.3 is 4.74 Å². The van der Waals surface area contributed by atoms with Crippen LogP contribution in [0, 0.1) is 0 Å². The van der Waals surface area contributed by atoms with Gasteiger partial charge in [-0.25, -0.2) is 0 Å². The highest BCUT2D eigenvalue weighted by Crippen LogP contribution is 2.21. The molecule has 3 heteroatoms. The monoisotopic (exact) mass is 205 g/mol. The molecule has 2 unspecified atom stereocenters. The molecule has 0 radical (unpaired) electrons. The lowest BCUT2D eigenvalue weighted by Gasteiger charge is -2.14. The van der Waals surface area contributed by atoms with Gasteiger partial charge in [0.15, 0.2) is 5.78 Å². The number of Topliss-reactive ketones (excluding diaryl/α,β-unsaturated/α-hetero) is 1. The van der Waals surface area contributed by atoms with Gasteiger partial charge in [-0.05, 0) is 31.9 Å². The predicted octanol–water partition coefficient (Wildman–Crippen LogP) is 1.93. The molecule has 2 heterocycles. The second kappa shape index (κ2) is 4.53. The summed E-state index contributed by atoms with van der Waals surface area (Å²) in [7, 11) is 0. The molecule has 0 aliphatic carbocycles. The van der Waals surface area contributed by atoms with E-state index in [-0.39, 0.29) is 17.8 Å².